The molecule has 2 rings (SSSR count). The second-order valence-corrected chi connectivity index (χ2v) is 5.14. The molecular weight excluding hydrogens is 252 g/mol. The third-order valence-corrected chi connectivity index (χ3v) is 3.98. The summed E-state index contributed by atoms with van der Waals surface area (Å²) < 4.78 is 5.51. The second-order valence-electron chi connectivity index (χ2n) is 5.14. The van der Waals surface area contributed by atoms with E-state index in [2.05, 4.69) is 17.0 Å². The highest BCUT2D eigenvalue weighted by atomic mass is 16.5. The van der Waals surface area contributed by atoms with Crippen LogP contribution in [0.5, 0.6) is 0 Å². The van der Waals surface area contributed by atoms with Crippen LogP contribution in [0.25, 0.3) is 0 Å². The third-order valence-electron chi connectivity index (χ3n) is 3.98. The first kappa shape index (κ1) is 14.9. The first-order valence-electron chi connectivity index (χ1n) is 7.33. The number of carbonyl (C=O) groups excluding carboxylic acids is 1. The summed E-state index contributed by atoms with van der Waals surface area (Å²) in [7, 11) is 1.74. The van der Waals surface area contributed by atoms with Crippen molar-refractivity contribution in [3.63, 3.8) is 0 Å². The fraction of sp³-hybridized carbons (Fsp3) is 0.562. The minimum atomic E-state index is 0.161. The molecule has 20 heavy (non-hydrogen) atoms. The van der Waals surface area contributed by atoms with Gasteiger partial charge in [-0.25, -0.2) is 0 Å². The number of fused-ring (bicyclic) bond motifs is 1. The van der Waals surface area contributed by atoms with Crippen LogP contribution in [0.4, 0.5) is 5.69 Å². The third kappa shape index (κ3) is 3.12. The van der Waals surface area contributed by atoms with E-state index in [0.29, 0.717) is 6.54 Å². The molecule has 0 saturated heterocycles. The van der Waals surface area contributed by atoms with Crippen LogP contribution in [-0.4, -0.2) is 50.2 Å². The Morgan fingerprint density at radius 2 is 2.05 bits per heavy atom. The predicted octanol–water partition coefficient (Wildman–Crippen LogP) is 1.93. The van der Waals surface area contributed by atoms with Crippen molar-refractivity contribution in [2.24, 2.45) is 0 Å². The Bertz CT molecular complexity index is 458. The Hall–Kier alpha value is -1.55. The van der Waals surface area contributed by atoms with Crippen LogP contribution in [0.15, 0.2) is 24.3 Å². The summed E-state index contributed by atoms with van der Waals surface area (Å²) in [5.74, 6) is 0.182. The Kier molecular flexibility index (Phi) is 5.01. The van der Waals surface area contributed by atoms with Crippen molar-refractivity contribution in [3.8, 4) is 0 Å². The van der Waals surface area contributed by atoms with Gasteiger partial charge in [0.1, 0.15) is 0 Å². The lowest BCUT2D eigenvalue weighted by atomic mass is 9.99. The van der Waals surface area contributed by atoms with Gasteiger partial charge in [0.25, 0.3) is 0 Å². The molecule has 0 fully saturated rings. The average Bonchev–Trinajstić information content (AvgIpc) is 2.48. The number of ether oxygens (including phenoxy) is 1. The van der Waals surface area contributed by atoms with E-state index in [1.54, 1.807) is 7.11 Å². The Morgan fingerprint density at radius 1 is 1.35 bits per heavy atom. The molecule has 4 heteroatoms. The normalized spacial score (nSPS) is 17.8. The predicted molar refractivity (Wildman–Crippen MR) is 81.1 cm³/mol. The van der Waals surface area contributed by atoms with Gasteiger partial charge in [-0.2, -0.15) is 0 Å². The van der Waals surface area contributed by atoms with Crippen molar-refractivity contribution < 1.29 is 9.53 Å². The number of hydrogen-bond acceptors (Lipinski definition) is 3. The average molecular weight is 276 g/mol. The van der Waals surface area contributed by atoms with E-state index < -0.39 is 0 Å². The molecule has 0 radical (unpaired) electrons. The number of para-hydroxylation sites is 1. The van der Waals surface area contributed by atoms with Gasteiger partial charge < -0.3 is 14.5 Å². The van der Waals surface area contributed by atoms with E-state index in [9.17, 15) is 4.79 Å². The van der Waals surface area contributed by atoms with Gasteiger partial charge in [-0.1, -0.05) is 18.2 Å². The van der Waals surface area contributed by atoms with Crippen molar-refractivity contribution in [2.75, 3.05) is 38.2 Å². The Labute approximate surface area is 121 Å². The van der Waals surface area contributed by atoms with Crippen LogP contribution in [0.1, 0.15) is 19.4 Å². The number of amides is 1. The highest BCUT2D eigenvalue weighted by molar-refractivity contribution is 5.82. The van der Waals surface area contributed by atoms with Crippen molar-refractivity contribution in [1.29, 1.82) is 0 Å². The van der Waals surface area contributed by atoms with E-state index in [1.165, 1.54) is 11.3 Å². The lowest BCUT2D eigenvalue weighted by molar-refractivity contribution is -0.129. The molecule has 0 aromatic heterocycles. The molecule has 4 nitrogen and oxygen atoms in total. The number of nitrogens with zero attached hydrogens (tertiary/aromatic N) is 2. The molecule has 110 valence electrons. The smallest absolute Gasteiger partial charge is 0.242 e. The van der Waals surface area contributed by atoms with Crippen LogP contribution < -0.4 is 4.90 Å². The zero-order valence-corrected chi connectivity index (χ0v) is 12.6. The molecule has 0 bridgehead atoms. The van der Waals surface area contributed by atoms with Gasteiger partial charge in [-0.3, -0.25) is 4.79 Å². The quantitative estimate of drug-likeness (QED) is 0.824. The van der Waals surface area contributed by atoms with Gasteiger partial charge in [-0.15, -0.1) is 0 Å². The van der Waals surface area contributed by atoms with Gasteiger partial charge in [0.2, 0.25) is 5.91 Å². The van der Waals surface area contributed by atoms with Gasteiger partial charge in [0.15, 0.2) is 0 Å². The molecule has 0 spiro atoms. The number of anilines is 1. The first-order valence-corrected chi connectivity index (χ1v) is 7.33. The van der Waals surface area contributed by atoms with Crippen LogP contribution in [0, 0.1) is 0 Å². The summed E-state index contributed by atoms with van der Waals surface area (Å²) in [6.07, 6.45) is 1.08. The molecule has 1 aromatic rings. The van der Waals surface area contributed by atoms with Crippen molar-refractivity contribution in [1.82, 2.24) is 4.90 Å². The van der Waals surface area contributed by atoms with Crippen LogP contribution in [0.3, 0.4) is 0 Å². The summed E-state index contributed by atoms with van der Waals surface area (Å²) in [6.45, 7) is 6.77. The molecule has 0 saturated carbocycles. The highest BCUT2D eigenvalue weighted by Crippen LogP contribution is 2.27. The maximum Gasteiger partial charge on any atom is 0.242 e. The SMILES string of the molecule is CCN(CC)C(=O)CN1C[C@H](OC)Cc2ccccc21. The van der Waals surface area contributed by atoms with Gasteiger partial charge in [0, 0.05) is 38.9 Å². The maximum atomic E-state index is 12.3. The molecule has 1 aliphatic heterocycles. The number of benzene rings is 1. The molecule has 0 N–H and O–H groups in total. The standard InChI is InChI=1S/C16H24N2O2/c1-4-17(5-2)16(19)12-18-11-14(20-3)10-13-8-6-7-9-15(13)18/h6-9,14H,4-5,10-12H2,1-3H3/t14-/m1/s1. The van der Waals surface area contributed by atoms with Gasteiger partial charge >= 0.3 is 0 Å². The number of rotatable bonds is 5. The second kappa shape index (κ2) is 6.75. The van der Waals surface area contributed by atoms with Gasteiger partial charge in [-0.05, 0) is 25.5 Å². The maximum absolute atomic E-state index is 12.3. The molecule has 1 aliphatic rings. The molecule has 0 unspecified atom stereocenters. The van der Waals surface area contributed by atoms with Crippen molar-refractivity contribution >= 4 is 11.6 Å². The van der Waals surface area contributed by atoms with E-state index >= 15 is 0 Å². The monoisotopic (exact) mass is 276 g/mol. The fourth-order valence-corrected chi connectivity index (χ4v) is 2.79. The van der Waals surface area contributed by atoms with E-state index in [0.717, 1.165) is 26.1 Å². The molecule has 1 amide bonds. The molecule has 0 aliphatic carbocycles. The van der Waals surface area contributed by atoms with Crippen molar-refractivity contribution in [2.45, 2.75) is 26.4 Å². The van der Waals surface area contributed by atoms with Gasteiger partial charge in [0.05, 0.1) is 12.6 Å². The summed E-state index contributed by atoms with van der Waals surface area (Å²) >= 11 is 0. The summed E-state index contributed by atoms with van der Waals surface area (Å²) in [5.41, 5.74) is 2.43. The van der Waals surface area contributed by atoms with E-state index in [1.807, 2.05) is 30.9 Å². The summed E-state index contributed by atoms with van der Waals surface area (Å²) in [6, 6.07) is 8.29. The van der Waals surface area contributed by atoms with Crippen LogP contribution in [0.2, 0.25) is 0 Å². The van der Waals surface area contributed by atoms with Crippen LogP contribution in [-0.2, 0) is 16.0 Å². The van der Waals surface area contributed by atoms with Crippen molar-refractivity contribution in [3.05, 3.63) is 29.8 Å². The Balaban J connectivity index is 2.16. The number of hydrogen-bond donors (Lipinski definition) is 0. The number of carbonyl (C=O) groups is 1. The number of methoxy groups -OCH3 is 1. The number of likely N-dealkylation sites (N-methyl/N-ethyl adjacent to an activating group) is 1. The Morgan fingerprint density at radius 3 is 2.70 bits per heavy atom. The van der Waals surface area contributed by atoms with E-state index in [4.69, 9.17) is 4.74 Å². The largest absolute Gasteiger partial charge is 0.379 e. The minimum absolute atomic E-state index is 0.161. The topological polar surface area (TPSA) is 32.8 Å². The lowest BCUT2D eigenvalue weighted by Gasteiger charge is -2.36. The molecule has 1 atom stereocenters. The summed E-state index contributed by atoms with van der Waals surface area (Å²) in [4.78, 5) is 16.3. The van der Waals surface area contributed by atoms with Crippen LogP contribution >= 0.6 is 0 Å². The summed E-state index contributed by atoms with van der Waals surface area (Å²) in [5, 5.41) is 0. The molecule has 1 heterocycles. The first-order chi connectivity index (χ1) is 9.69. The fourth-order valence-electron chi connectivity index (χ4n) is 2.79. The molecular formula is C16H24N2O2. The highest BCUT2D eigenvalue weighted by Gasteiger charge is 2.26. The lowest BCUT2D eigenvalue weighted by Crippen LogP contribution is -2.46. The van der Waals surface area contributed by atoms with E-state index in [-0.39, 0.29) is 12.0 Å². The minimum Gasteiger partial charge on any atom is -0.379 e. The zero-order valence-electron chi connectivity index (χ0n) is 12.6. The molecule has 1 aromatic carbocycles. The zero-order chi connectivity index (χ0) is 14.5.